The smallest absolute Gasteiger partial charge is 0.348 e. The molecule has 0 aromatic carbocycles. The summed E-state index contributed by atoms with van der Waals surface area (Å²) < 4.78 is 12.0. The standard InChI is InChI=1S/C18H24N4O5S2/c1-6-22-11(5)20-21-18(22)28-9-12(23)19-15-13(16(24)26-7-2)10(4)14(29-15)17(25)27-8-3/h6-9H2,1-5H3,(H,19,23). The predicted molar refractivity (Wildman–Crippen MR) is 111 cm³/mol. The number of thiophene rings is 1. The molecule has 2 aromatic rings. The molecule has 11 heteroatoms. The Morgan fingerprint density at radius 1 is 1.07 bits per heavy atom. The third-order valence-electron chi connectivity index (χ3n) is 3.89. The Morgan fingerprint density at radius 3 is 2.34 bits per heavy atom. The minimum atomic E-state index is -0.596. The van der Waals surface area contributed by atoms with Crippen LogP contribution in [0.3, 0.4) is 0 Å². The molecule has 2 rings (SSSR count). The molecule has 0 saturated heterocycles. The molecule has 0 aliphatic carbocycles. The fourth-order valence-corrected chi connectivity index (χ4v) is 4.52. The Kier molecular flexibility index (Phi) is 8.21. The molecule has 0 aliphatic rings. The van der Waals surface area contributed by atoms with Crippen molar-refractivity contribution in [3.63, 3.8) is 0 Å². The highest BCUT2D eigenvalue weighted by atomic mass is 32.2. The fourth-order valence-electron chi connectivity index (χ4n) is 2.57. The van der Waals surface area contributed by atoms with Gasteiger partial charge in [0.2, 0.25) is 5.91 Å². The number of nitrogens with one attached hydrogen (secondary N) is 1. The van der Waals surface area contributed by atoms with Gasteiger partial charge in [-0.25, -0.2) is 9.59 Å². The number of carbonyl (C=O) groups excluding carboxylic acids is 3. The van der Waals surface area contributed by atoms with Crippen LogP contribution in [0.5, 0.6) is 0 Å². The van der Waals surface area contributed by atoms with Gasteiger partial charge in [-0.15, -0.1) is 21.5 Å². The van der Waals surface area contributed by atoms with Crippen LogP contribution in [0, 0.1) is 13.8 Å². The lowest BCUT2D eigenvalue weighted by Gasteiger charge is -2.07. The second-order valence-corrected chi connectivity index (χ2v) is 7.78. The van der Waals surface area contributed by atoms with Gasteiger partial charge in [0.15, 0.2) is 5.16 Å². The van der Waals surface area contributed by atoms with Gasteiger partial charge in [0, 0.05) is 6.54 Å². The minimum absolute atomic E-state index is 0.0755. The molecular formula is C18H24N4O5S2. The Labute approximate surface area is 177 Å². The van der Waals surface area contributed by atoms with Crippen molar-refractivity contribution in [2.75, 3.05) is 24.3 Å². The highest BCUT2D eigenvalue weighted by molar-refractivity contribution is 7.99. The van der Waals surface area contributed by atoms with E-state index in [1.807, 2.05) is 18.4 Å². The molecule has 0 unspecified atom stereocenters. The van der Waals surface area contributed by atoms with Gasteiger partial charge >= 0.3 is 11.9 Å². The van der Waals surface area contributed by atoms with Crippen LogP contribution in [0.4, 0.5) is 5.00 Å². The molecule has 0 fully saturated rings. The number of hydrogen-bond acceptors (Lipinski definition) is 9. The highest BCUT2D eigenvalue weighted by Gasteiger charge is 2.27. The Hall–Kier alpha value is -2.40. The fraction of sp³-hybridized carbons (Fsp3) is 0.500. The number of rotatable bonds is 9. The number of aryl methyl sites for hydroxylation is 1. The number of carbonyl (C=O) groups is 3. The van der Waals surface area contributed by atoms with E-state index < -0.39 is 11.9 Å². The van der Waals surface area contributed by atoms with Crippen LogP contribution in [0.15, 0.2) is 5.16 Å². The average Bonchev–Trinajstić information content (AvgIpc) is 3.19. The van der Waals surface area contributed by atoms with E-state index in [1.165, 1.54) is 11.8 Å². The molecule has 29 heavy (non-hydrogen) atoms. The van der Waals surface area contributed by atoms with Gasteiger partial charge in [-0.05, 0) is 40.2 Å². The van der Waals surface area contributed by atoms with Gasteiger partial charge < -0.3 is 19.4 Å². The summed E-state index contributed by atoms with van der Waals surface area (Å²) in [4.78, 5) is 37.3. The molecule has 0 radical (unpaired) electrons. The second-order valence-electron chi connectivity index (χ2n) is 5.81. The molecule has 1 amide bonds. The van der Waals surface area contributed by atoms with Crippen LogP contribution in [0.1, 0.15) is 52.2 Å². The first-order chi connectivity index (χ1) is 13.8. The van der Waals surface area contributed by atoms with Gasteiger partial charge in [0.1, 0.15) is 15.7 Å². The molecule has 0 atom stereocenters. The molecule has 0 saturated carbocycles. The number of nitrogens with zero attached hydrogens (tertiary/aromatic N) is 3. The summed E-state index contributed by atoms with van der Waals surface area (Å²) in [7, 11) is 0. The molecule has 0 spiro atoms. The van der Waals surface area contributed by atoms with Crippen molar-refractivity contribution in [2.45, 2.75) is 46.3 Å². The average molecular weight is 441 g/mol. The molecule has 2 heterocycles. The summed E-state index contributed by atoms with van der Waals surface area (Å²) in [6, 6.07) is 0. The van der Waals surface area contributed by atoms with E-state index in [2.05, 4.69) is 15.5 Å². The quantitative estimate of drug-likeness (QED) is 0.468. The van der Waals surface area contributed by atoms with Crippen LogP contribution in [-0.4, -0.2) is 51.6 Å². The van der Waals surface area contributed by atoms with Gasteiger partial charge in [-0.1, -0.05) is 11.8 Å². The molecular weight excluding hydrogens is 416 g/mol. The summed E-state index contributed by atoms with van der Waals surface area (Å²) in [6.45, 7) is 9.92. The summed E-state index contributed by atoms with van der Waals surface area (Å²) in [5.41, 5.74) is 0.599. The number of aromatic nitrogens is 3. The predicted octanol–water partition coefficient (Wildman–Crippen LogP) is 3.06. The van der Waals surface area contributed by atoms with Crippen molar-refractivity contribution in [2.24, 2.45) is 0 Å². The van der Waals surface area contributed by atoms with E-state index in [4.69, 9.17) is 9.47 Å². The third-order valence-corrected chi connectivity index (χ3v) is 6.04. The van der Waals surface area contributed by atoms with Crippen LogP contribution in [-0.2, 0) is 20.8 Å². The highest BCUT2D eigenvalue weighted by Crippen LogP contribution is 2.34. The molecule has 0 bridgehead atoms. The number of anilines is 1. The van der Waals surface area contributed by atoms with Crippen molar-refractivity contribution in [1.82, 2.24) is 14.8 Å². The first-order valence-corrected chi connectivity index (χ1v) is 10.9. The normalized spacial score (nSPS) is 10.7. The summed E-state index contributed by atoms with van der Waals surface area (Å²) in [6.07, 6.45) is 0. The summed E-state index contributed by atoms with van der Waals surface area (Å²) >= 11 is 2.24. The summed E-state index contributed by atoms with van der Waals surface area (Å²) in [5.74, 6) is -0.622. The maximum Gasteiger partial charge on any atom is 0.348 e. The van der Waals surface area contributed by atoms with Gasteiger partial charge in [0.05, 0.1) is 24.5 Å². The molecule has 9 nitrogen and oxygen atoms in total. The van der Waals surface area contributed by atoms with Gasteiger partial charge in [-0.3, -0.25) is 4.79 Å². The van der Waals surface area contributed by atoms with Crippen molar-refractivity contribution in [3.05, 3.63) is 21.8 Å². The third kappa shape index (κ3) is 5.36. The monoisotopic (exact) mass is 440 g/mol. The van der Waals surface area contributed by atoms with Gasteiger partial charge in [0.25, 0.3) is 0 Å². The maximum absolute atomic E-state index is 12.5. The van der Waals surface area contributed by atoms with E-state index in [9.17, 15) is 14.4 Å². The topological polar surface area (TPSA) is 112 Å². The number of thioether (sulfide) groups is 1. The Morgan fingerprint density at radius 2 is 1.72 bits per heavy atom. The first-order valence-electron chi connectivity index (χ1n) is 9.13. The zero-order valence-corrected chi connectivity index (χ0v) is 18.7. The van der Waals surface area contributed by atoms with Crippen LogP contribution < -0.4 is 5.32 Å². The minimum Gasteiger partial charge on any atom is -0.462 e. The first kappa shape index (κ1) is 22.9. The van der Waals surface area contributed by atoms with Crippen molar-refractivity contribution < 1.29 is 23.9 Å². The van der Waals surface area contributed by atoms with Crippen LogP contribution >= 0.6 is 23.1 Å². The Bertz CT molecular complexity index is 906. The Balaban J connectivity index is 2.20. The molecule has 0 aliphatic heterocycles. The summed E-state index contributed by atoms with van der Waals surface area (Å²) in [5, 5.41) is 11.7. The van der Waals surface area contributed by atoms with E-state index in [0.717, 1.165) is 17.2 Å². The molecule has 2 aromatic heterocycles. The van der Waals surface area contributed by atoms with E-state index in [-0.39, 0.29) is 40.3 Å². The number of ether oxygens (including phenoxy) is 2. The largest absolute Gasteiger partial charge is 0.462 e. The SMILES string of the molecule is CCOC(=O)c1sc(NC(=O)CSc2nnc(C)n2CC)c(C(=O)OCC)c1C. The van der Waals surface area contributed by atoms with Gasteiger partial charge in [-0.2, -0.15) is 0 Å². The zero-order valence-electron chi connectivity index (χ0n) is 17.0. The molecule has 158 valence electrons. The van der Waals surface area contributed by atoms with Crippen LogP contribution in [0.2, 0.25) is 0 Å². The van der Waals surface area contributed by atoms with Crippen LogP contribution in [0.25, 0.3) is 0 Å². The number of amides is 1. The van der Waals surface area contributed by atoms with Crippen molar-refractivity contribution in [3.8, 4) is 0 Å². The zero-order chi connectivity index (χ0) is 21.6. The van der Waals surface area contributed by atoms with Crippen molar-refractivity contribution in [1.29, 1.82) is 0 Å². The number of hydrogen-bond donors (Lipinski definition) is 1. The molecule has 1 N–H and O–H groups in total. The lowest BCUT2D eigenvalue weighted by molar-refractivity contribution is -0.113. The lowest BCUT2D eigenvalue weighted by atomic mass is 10.1. The van der Waals surface area contributed by atoms with E-state index in [1.54, 1.807) is 20.8 Å². The maximum atomic E-state index is 12.5. The van der Waals surface area contributed by atoms with E-state index >= 15 is 0 Å². The van der Waals surface area contributed by atoms with Crippen molar-refractivity contribution >= 4 is 45.9 Å². The number of esters is 2. The lowest BCUT2D eigenvalue weighted by Crippen LogP contribution is -2.17. The second kappa shape index (κ2) is 10.4. The van der Waals surface area contributed by atoms with E-state index in [0.29, 0.717) is 17.3 Å².